The van der Waals surface area contributed by atoms with Gasteiger partial charge in [-0.1, -0.05) is 30.3 Å². The number of benzene rings is 2. The third-order valence-electron chi connectivity index (χ3n) is 5.64. The molecule has 9 heteroatoms. The molecular weight excluding hydrogens is 430 g/mol. The van der Waals surface area contributed by atoms with E-state index in [0.29, 0.717) is 22.6 Å². The second-order valence-electron chi connectivity index (χ2n) is 7.94. The first kappa shape index (κ1) is 23.2. The third-order valence-corrected chi connectivity index (χ3v) is 5.64. The summed E-state index contributed by atoms with van der Waals surface area (Å²) in [5.41, 5.74) is 1.04. The molecule has 176 valence electrons. The van der Waals surface area contributed by atoms with E-state index >= 15 is 0 Å². The van der Waals surface area contributed by atoms with Gasteiger partial charge < -0.3 is 34.1 Å². The van der Waals surface area contributed by atoms with E-state index in [1.807, 2.05) is 18.2 Å². The van der Waals surface area contributed by atoms with Crippen molar-refractivity contribution in [3.8, 4) is 11.5 Å². The Morgan fingerprint density at radius 2 is 1.73 bits per heavy atom. The van der Waals surface area contributed by atoms with Crippen LogP contribution in [0.1, 0.15) is 36.1 Å². The first-order valence-electron chi connectivity index (χ1n) is 10.7. The van der Waals surface area contributed by atoms with E-state index in [9.17, 15) is 14.7 Å². The zero-order valence-corrected chi connectivity index (χ0v) is 18.6. The van der Waals surface area contributed by atoms with Crippen LogP contribution in [0.15, 0.2) is 48.5 Å². The number of hydrogen-bond acceptors (Lipinski definition) is 8. The van der Waals surface area contributed by atoms with E-state index < -0.39 is 36.9 Å². The van der Waals surface area contributed by atoms with E-state index in [4.69, 9.17) is 23.7 Å². The number of amides is 1. The van der Waals surface area contributed by atoms with E-state index in [2.05, 4.69) is 5.32 Å². The van der Waals surface area contributed by atoms with Gasteiger partial charge in [-0.3, -0.25) is 9.59 Å². The second kappa shape index (κ2) is 9.88. The third kappa shape index (κ3) is 4.86. The SMILES string of the molecule is COc1ccccc1C1OCC2OC(Oc3ccccc3C(C)=O)C(NC(C)=O)C(O)C2O1. The van der Waals surface area contributed by atoms with Gasteiger partial charge in [-0.2, -0.15) is 0 Å². The maximum atomic E-state index is 12.0. The van der Waals surface area contributed by atoms with Crippen molar-refractivity contribution in [3.05, 3.63) is 59.7 Å². The molecule has 0 bridgehead atoms. The summed E-state index contributed by atoms with van der Waals surface area (Å²) in [6.45, 7) is 2.88. The van der Waals surface area contributed by atoms with Crippen LogP contribution in [0.4, 0.5) is 0 Å². The molecule has 2 heterocycles. The molecule has 6 unspecified atom stereocenters. The summed E-state index contributed by atoms with van der Waals surface area (Å²) in [6, 6.07) is 13.0. The molecule has 0 saturated carbocycles. The maximum Gasteiger partial charge on any atom is 0.223 e. The van der Waals surface area contributed by atoms with Crippen LogP contribution < -0.4 is 14.8 Å². The van der Waals surface area contributed by atoms with Crippen molar-refractivity contribution in [2.24, 2.45) is 0 Å². The van der Waals surface area contributed by atoms with Crippen LogP contribution in [0, 0.1) is 0 Å². The Balaban J connectivity index is 1.58. The topological polar surface area (TPSA) is 113 Å². The monoisotopic (exact) mass is 457 g/mol. The van der Waals surface area contributed by atoms with Gasteiger partial charge in [0.1, 0.15) is 35.9 Å². The molecule has 2 N–H and O–H groups in total. The molecule has 0 aromatic heterocycles. The Labute approximate surface area is 191 Å². The number of para-hydroxylation sites is 2. The van der Waals surface area contributed by atoms with Gasteiger partial charge in [0, 0.05) is 12.5 Å². The fourth-order valence-corrected chi connectivity index (χ4v) is 4.08. The molecule has 2 aliphatic heterocycles. The number of aliphatic hydroxyl groups excluding tert-OH is 1. The molecule has 2 aliphatic rings. The number of carbonyl (C=O) groups excluding carboxylic acids is 2. The number of fused-ring (bicyclic) bond motifs is 1. The van der Waals surface area contributed by atoms with Crippen LogP contribution in [0.5, 0.6) is 11.5 Å². The Hall–Kier alpha value is -2.98. The lowest BCUT2D eigenvalue weighted by Gasteiger charge is -2.47. The number of ether oxygens (including phenoxy) is 5. The minimum Gasteiger partial charge on any atom is -0.496 e. The average molecular weight is 457 g/mol. The summed E-state index contributed by atoms with van der Waals surface area (Å²) in [4.78, 5) is 23.9. The summed E-state index contributed by atoms with van der Waals surface area (Å²) >= 11 is 0. The van der Waals surface area contributed by atoms with Gasteiger partial charge >= 0.3 is 0 Å². The van der Waals surface area contributed by atoms with Crippen LogP contribution in [0.25, 0.3) is 0 Å². The van der Waals surface area contributed by atoms with Gasteiger partial charge in [0.05, 0.1) is 19.3 Å². The molecule has 2 aromatic carbocycles. The summed E-state index contributed by atoms with van der Waals surface area (Å²) in [5, 5.41) is 13.9. The molecule has 2 saturated heterocycles. The average Bonchev–Trinajstić information content (AvgIpc) is 2.81. The van der Waals surface area contributed by atoms with Crippen molar-refractivity contribution in [3.63, 3.8) is 0 Å². The number of Topliss-reactive ketones (excluding diaryl/α,β-unsaturated/α-hetero) is 1. The van der Waals surface area contributed by atoms with Crippen molar-refractivity contribution in [1.82, 2.24) is 5.32 Å². The van der Waals surface area contributed by atoms with Crippen LogP contribution in [0.2, 0.25) is 0 Å². The summed E-state index contributed by atoms with van der Waals surface area (Å²) < 4.78 is 29.4. The Morgan fingerprint density at radius 1 is 1.03 bits per heavy atom. The first-order valence-corrected chi connectivity index (χ1v) is 10.7. The fraction of sp³-hybridized carbons (Fsp3) is 0.417. The second-order valence-corrected chi connectivity index (χ2v) is 7.94. The molecule has 0 radical (unpaired) electrons. The van der Waals surface area contributed by atoms with E-state index in [1.54, 1.807) is 37.4 Å². The number of nitrogens with one attached hydrogen (secondary N) is 1. The van der Waals surface area contributed by atoms with Gasteiger partial charge in [-0.15, -0.1) is 0 Å². The van der Waals surface area contributed by atoms with E-state index in [1.165, 1.54) is 13.8 Å². The number of hydrogen-bond donors (Lipinski definition) is 2. The summed E-state index contributed by atoms with van der Waals surface area (Å²) in [6.07, 6.45) is -4.47. The van der Waals surface area contributed by atoms with E-state index in [0.717, 1.165) is 0 Å². The maximum absolute atomic E-state index is 12.0. The van der Waals surface area contributed by atoms with E-state index in [-0.39, 0.29) is 18.3 Å². The van der Waals surface area contributed by atoms with Crippen molar-refractivity contribution >= 4 is 11.7 Å². The zero-order chi connectivity index (χ0) is 23.5. The molecular formula is C24H27NO8. The normalized spacial score (nSPS) is 29.0. The van der Waals surface area contributed by atoms with Gasteiger partial charge in [0.2, 0.25) is 12.2 Å². The molecule has 4 rings (SSSR count). The smallest absolute Gasteiger partial charge is 0.223 e. The van der Waals surface area contributed by atoms with Crippen LogP contribution in [-0.4, -0.2) is 61.2 Å². The zero-order valence-electron chi connectivity index (χ0n) is 18.6. The van der Waals surface area contributed by atoms with Crippen molar-refractivity contribution < 1.29 is 38.4 Å². The predicted octanol–water partition coefficient (Wildman–Crippen LogP) is 1.98. The Morgan fingerprint density at radius 3 is 2.42 bits per heavy atom. The highest BCUT2D eigenvalue weighted by Crippen LogP contribution is 2.37. The largest absolute Gasteiger partial charge is 0.496 e. The lowest BCUT2D eigenvalue weighted by molar-refractivity contribution is -0.333. The highest BCUT2D eigenvalue weighted by molar-refractivity contribution is 5.96. The van der Waals surface area contributed by atoms with Crippen LogP contribution in [-0.2, 0) is 19.0 Å². The van der Waals surface area contributed by atoms with Crippen LogP contribution in [0.3, 0.4) is 0 Å². The van der Waals surface area contributed by atoms with Crippen molar-refractivity contribution in [2.75, 3.05) is 13.7 Å². The lowest BCUT2D eigenvalue weighted by Crippen LogP contribution is -2.67. The molecule has 6 atom stereocenters. The highest BCUT2D eigenvalue weighted by Gasteiger charge is 2.51. The Kier molecular flexibility index (Phi) is 6.94. The standard InChI is InChI=1S/C24H27NO8/c1-13(26)15-8-4-7-11-18(15)31-24-20(25-14(2)27)21(28)22-19(32-24)12-30-23(33-22)16-9-5-6-10-17(16)29-3/h4-11,19-24,28H,12H2,1-3H3,(H,25,27). The molecule has 33 heavy (non-hydrogen) atoms. The van der Waals surface area contributed by atoms with Crippen molar-refractivity contribution in [1.29, 1.82) is 0 Å². The molecule has 1 amide bonds. The molecule has 9 nitrogen and oxygen atoms in total. The van der Waals surface area contributed by atoms with Crippen molar-refractivity contribution in [2.45, 2.75) is 50.8 Å². The molecule has 2 fully saturated rings. The molecule has 0 spiro atoms. The van der Waals surface area contributed by atoms with Gasteiger partial charge in [-0.05, 0) is 25.1 Å². The number of carbonyl (C=O) groups is 2. The van der Waals surface area contributed by atoms with Gasteiger partial charge in [0.25, 0.3) is 0 Å². The summed E-state index contributed by atoms with van der Waals surface area (Å²) in [7, 11) is 1.55. The molecule has 2 aromatic rings. The number of rotatable bonds is 6. The Bertz CT molecular complexity index is 1010. The highest BCUT2D eigenvalue weighted by atomic mass is 16.7. The first-order chi connectivity index (χ1) is 15.9. The quantitative estimate of drug-likeness (QED) is 0.634. The molecule has 0 aliphatic carbocycles. The van der Waals surface area contributed by atoms with Gasteiger partial charge in [-0.25, -0.2) is 0 Å². The fourth-order valence-electron chi connectivity index (χ4n) is 4.08. The minimum atomic E-state index is -1.16. The lowest BCUT2D eigenvalue weighted by atomic mass is 9.95. The predicted molar refractivity (Wildman–Crippen MR) is 116 cm³/mol. The summed E-state index contributed by atoms with van der Waals surface area (Å²) in [5.74, 6) is 0.330. The number of aliphatic hydroxyl groups is 1. The van der Waals surface area contributed by atoms with Gasteiger partial charge in [0.15, 0.2) is 12.1 Å². The minimum absolute atomic E-state index is 0.117. The number of ketones is 1. The van der Waals surface area contributed by atoms with Crippen LogP contribution >= 0.6 is 0 Å². The number of methoxy groups -OCH3 is 1.